The van der Waals surface area contributed by atoms with Crippen LogP contribution in [0, 0.1) is 0 Å². The fourth-order valence-corrected chi connectivity index (χ4v) is 4.34. The molecule has 3 aromatic rings. The molecule has 4 rings (SSSR count). The molecule has 0 bridgehead atoms. The molecule has 2 aromatic carbocycles. The lowest BCUT2D eigenvalue weighted by atomic mass is 10.1. The minimum atomic E-state index is -0.420. The van der Waals surface area contributed by atoms with Gasteiger partial charge in [0.25, 0.3) is 5.91 Å². The number of rotatable bonds is 8. The van der Waals surface area contributed by atoms with Crippen molar-refractivity contribution in [3.63, 3.8) is 0 Å². The Morgan fingerprint density at radius 3 is 2.61 bits per heavy atom. The van der Waals surface area contributed by atoms with Gasteiger partial charge in [-0.1, -0.05) is 0 Å². The van der Waals surface area contributed by atoms with Crippen LogP contribution in [0.25, 0.3) is 10.9 Å². The SMILES string of the molecule is CCOc1ccc(C(=O)N=C(N)c2ccc3[nH]cc(CN4CCCC4C)c3c2)cc1OCC. The number of amides is 1. The van der Waals surface area contributed by atoms with E-state index in [1.807, 2.05) is 32.0 Å². The highest BCUT2D eigenvalue weighted by Gasteiger charge is 2.21. The van der Waals surface area contributed by atoms with Crippen LogP contribution in [-0.2, 0) is 6.54 Å². The number of H-pyrrole nitrogens is 1. The molecule has 0 saturated carbocycles. The van der Waals surface area contributed by atoms with Crippen LogP contribution in [-0.4, -0.2) is 47.4 Å². The van der Waals surface area contributed by atoms with Gasteiger partial charge in [0.2, 0.25) is 0 Å². The van der Waals surface area contributed by atoms with Gasteiger partial charge >= 0.3 is 0 Å². The number of aromatic amines is 1. The number of aliphatic imine (C=N–C) groups is 1. The summed E-state index contributed by atoms with van der Waals surface area (Å²) in [6.07, 6.45) is 4.55. The Hall–Kier alpha value is -3.32. The number of fused-ring (bicyclic) bond motifs is 1. The van der Waals surface area contributed by atoms with Crippen molar-refractivity contribution in [1.82, 2.24) is 9.88 Å². The lowest BCUT2D eigenvalue weighted by Crippen LogP contribution is -2.26. The first-order valence-corrected chi connectivity index (χ1v) is 11.6. The summed E-state index contributed by atoms with van der Waals surface area (Å²) < 4.78 is 11.2. The molecular weight excluding hydrogens is 416 g/mol. The molecule has 1 aromatic heterocycles. The van der Waals surface area contributed by atoms with Gasteiger partial charge in [0.1, 0.15) is 5.84 Å². The maximum atomic E-state index is 12.8. The number of carbonyl (C=O) groups is 1. The van der Waals surface area contributed by atoms with Gasteiger partial charge < -0.3 is 20.2 Å². The van der Waals surface area contributed by atoms with Gasteiger partial charge in [-0.15, -0.1) is 0 Å². The predicted octanol–water partition coefficient (Wildman–Crippen LogP) is 4.50. The van der Waals surface area contributed by atoms with Crippen LogP contribution >= 0.6 is 0 Å². The van der Waals surface area contributed by atoms with Crippen molar-refractivity contribution in [2.45, 2.75) is 46.2 Å². The second-order valence-corrected chi connectivity index (χ2v) is 8.37. The smallest absolute Gasteiger partial charge is 0.279 e. The van der Waals surface area contributed by atoms with Crippen molar-refractivity contribution < 1.29 is 14.3 Å². The van der Waals surface area contributed by atoms with Gasteiger partial charge in [0.15, 0.2) is 11.5 Å². The molecule has 1 unspecified atom stereocenters. The summed E-state index contributed by atoms with van der Waals surface area (Å²) in [5.41, 5.74) is 9.66. The van der Waals surface area contributed by atoms with E-state index in [1.54, 1.807) is 18.2 Å². The zero-order valence-corrected chi connectivity index (χ0v) is 19.6. The van der Waals surface area contributed by atoms with E-state index in [0.717, 1.165) is 29.6 Å². The molecule has 7 heteroatoms. The van der Waals surface area contributed by atoms with Crippen LogP contribution in [0.1, 0.15) is 55.1 Å². The molecule has 1 fully saturated rings. The minimum absolute atomic E-state index is 0.190. The van der Waals surface area contributed by atoms with Crippen LogP contribution in [0.5, 0.6) is 11.5 Å². The Labute approximate surface area is 194 Å². The predicted molar refractivity (Wildman–Crippen MR) is 131 cm³/mol. The summed E-state index contributed by atoms with van der Waals surface area (Å²) in [6, 6.07) is 11.5. The number of hydrogen-bond donors (Lipinski definition) is 2. The molecule has 1 aliphatic rings. The minimum Gasteiger partial charge on any atom is -0.490 e. The van der Waals surface area contributed by atoms with Gasteiger partial charge in [0, 0.05) is 40.8 Å². The van der Waals surface area contributed by atoms with Crippen molar-refractivity contribution >= 4 is 22.6 Å². The number of nitrogens with one attached hydrogen (secondary N) is 1. The second kappa shape index (κ2) is 10.1. The Kier molecular flexibility index (Phi) is 6.99. The van der Waals surface area contributed by atoms with E-state index in [-0.39, 0.29) is 5.84 Å². The van der Waals surface area contributed by atoms with Gasteiger partial charge in [-0.25, -0.2) is 0 Å². The maximum absolute atomic E-state index is 12.8. The van der Waals surface area contributed by atoms with Gasteiger partial charge in [-0.3, -0.25) is 9.69 Å². The normalized spacial score (nSPS) is 16.9. The van der Waals surface area contributed by atoms with Gasteiger partial charge in [0.05, 0.1) is 13.2 Å². The Bertz CT molecular complexity index is 1170. The quantitative estimate of drug-likeness (QED) is 0.391. The molecule has 0 spiro atoms. The zero-order chi connectivity index (χ0) is 23.4. The summed E-state index contributed by atoms with van der Waals surface area (Å²) in [5.74, 6) is 0.895. The molecule has 1 saturated heterocycles. The van der Waals surface area contributed by atoms with Crippen LogP contribution in [0.2, 0.25) is 0 Å². The van der Waals surface area contributed by atoms with E-state index in [9.17, 15) is 4.79 Å². The standard InChI is InChI=1S/C26H32N4O3/c1-4-32-23-11-9-19(14-24(23)33-5-2)26(31)29-25(27)18-8-10-22-21(13-18)20(15-28-22)16-30-12-6-7-17(30)3/h8-11,13-15,17,28H,4-7,12,16H2,1-3H3,(H2,27,29,31). The van der Waals surface area contributed by atoms with Crippen molar-refractivity contribution in [3.8, 4) is 11.5 Å². The van der Waals surface area contributed by atoms with Crippen molar-refractivity contribution in [2.75, 3.05) is 19.8 Å². The maximum Gasteiger partial charge on any atom is 0.279 e. The van der Waals surface area contributed by atoms with E-state index >= 15 is 0 Å². The molecule has 0 aliphatic carbocycles. The van der Waals surface area contributed by atoms with Gasteiger partial charge in [-0.05, 0) is 82.1 Å². The number of hydrogen-bond acceptors (Lipinski definition) is 4. The molecule has 2 heterocycles. The summed E-state index contributed by atoms with van der Waals surface area (Å²) in [7, 11) is 0. The molecule has 0 radical (unpaired) electrons. The summed E-state index contributed by atoms with van der Waals surface area (Å²) in [4.78, 5) is 22.8. The Morgan fingerprint density at radius 2 is 1.88 bits per heavy atom. The van der Waals surface area contributed by atoms with Crippen LogP contribution in [0.15, 0.2) is 47.6 Å². The number of nitrogens with zero attached hydrogens (tertiary/aromatic N) is 2. The van der Waals surface area contributed by atoms with Crippen LogP contribution in [0.4, 0.5) is 0 Å². The molecule has 3 N–H and O–H groups in total. The third-order valence-corrected chi connectivity index (χ3v) is 6.14. The molecular formula is C26H32N4O3. The largest absolute Gasteiger partial charge is 0.490 e. The van der Waals surface area contributed by atoms with Gasteiger partial charge in [-0.2, -0.15) is 4.99 Å². The topological polar surface area (TPSA) is 92.9 Å². The average molecular weight is 449 g/mol. The average Bonchev–Trinajstić information content (AvgIpc) is 3.41. The number of carbonyl (C=O) groups excluding carboxylic acids is 1. The summed E-state index contributed by atoms with van der Waals surface area (Å²) in [6.45, 7) is 9.07. The highest BCUT2D eigenvalue weighted by molar-refractivity contribution is 6.10. The molecule has 1 atom stereocenters. The first kappa shape index (κ1) is 22.9. The van der Waals surface area contributed by atoms with E-state index in [2.05, 4.69) is 28.0 Å². The van der Waals surface area contributed by atoms with Crippen LogP contribution in [0.3, 0.4) is 0 Å². The van der Waals surface area contributed by atoms with E-state index in [1.165, 1.54) is 18.4 Å². The van der Waals surface area contributed by atoms with E-state index in [4.69, 9.17) is 15.2 Å². The van der Waals surface area contributed by atoms with Crippen molar-refractivity contribution in [1.29, 1.82) is 0 Å². The third kappa shape index (κ3) is 5.03. The molecule has 33 heavy (non-hydrogen) atoms. The molecule has 1 aliphatic heterocycles. The third-order valence-electron chi connectivity index (χ3n) is 6.14. The molecule has 7 nitrogen and oxygen atoms in total. The molecule has 1 amide bonds. The van der Waals surface area contributed by atoms with Crippen LogP contribution < -0.4 is 15.2 Å². The number of nitrogens with two attached hydrogens (primary N) is 1. The van der Waals surface area contributed by atoms with E-state index < -0.39 is 5.91 Å². The zero-order valence-electron chi connectivity index (χ0n) is 19.6. The number of aromatic nitrogens is 1. The summed E-state index contributed by atoms with van der Waals surface area (Å²) in [5, 5.41) is 1.11. The first-order valence-electron chi connectivity index (χ1n) is 11.6. The monoisotopic (exact) mass is 448 g/mol. The fraction of sp³-hybridized carbons (Fsp3) is 0.385. The fourth-order valence-electron chi connectivity index (χ4n) is 4.34. The number of amidine groups is 1. The Morgan fingerprint density at radius 1 is 1.12 bits per heavy atom. The Balaban J connectivity index is 1.58. The number of benzene rings is 2. The first-order chi connectivity index (χ1) is 16.0. The highest BCUT2D eigenvalue weighted by Crippen LogP contribution is 2.29. The van der Waals surface area contributed by atoms with Crippen molar-refractivity contribution in [2.24, 2.45) is 10.7 Å². The summed E-state index contributed by atoms with van der Waals surface area (Å²) >= 11 is 0. The second-order valence-electron chi connectivity index (χ2n) is 8.37. The lowest BCUT2D eigenvalue weighted by Gasteiger charge is -2.20. The highest BCUT2D eigenvalue weighted by atomic mass is 16.5. The molecule has 174 valence electrons. The number of ether oxygens (including phenoxy) is 2. The van der Waals surface area contributed by atoms with Crippen molar-refractivity contribution in [3.05, 3.63) is 59.3 Å². The number of likely N-dealkylation sites (tertiary alicyclic amines) is 1. The van der Waals surface area contributed by atoms with E-state index in [0.29, 0.717) is 36.3 Å². The lowest BCUT2D eigenvalue weighted by molar-refractivity contribution is 0.100.